The third kappa shape index (κ3) is 3.33. The van der Waals surface area contributed by atoms with Gasteiger partial charge in [0, 0.05) is 25.7 Å². The molecule has 2 rings (SSSR count). The van der Waals surface area contributed by atoms with E-state index < -0.39 is 0 Å². The molecule has 4 heteroatoms. The average molecular weight is 262 g/mol. The van der Waals surface area contributed by atoms with Crippen LogP contribution in [0.1, 0.15) is 22.3 Å². The molecule has 1 aromatic rings. The van der Waals surface area contributed by atoms with Gasteiger partial charge in [-0.2, -0.15) is 0 Å². The van der Waals surface area contributed by atoms with Crippen molar-refractivity contribution < 1.29 is 9.53 Å². The van der Waals surface area contributed by atoms with Gasteiger partial charge in [-0.15, -0.1) is 0 Å². The first-order valence-corrected chi connectivity index (χ1v) is 6.67. The Kier molecular flexibility index (Phi) is 4.56. The smallest absolute Gasteiger partial charge is 0.338 e. The summed E-state index contributed by atoms with van der Waals surface area (Å²) in [6, 6.07) is 8.31. The molecule has 0 N–H and O–H groups in total. The van der Waals surface area contributed by atoms with E-state index in [2.05, 4.69) is 23.9 Å². The molecule has 0 radical (unpaired) electrons. The molecule has 1 unspecified atom stereocenters. The van der Waals surface area contributed by atoms with E-state index in [0.717, 1.165) is 25.2 Å². The van der Waals surface area contributed by atoms with Gasteiger partial charge in [-0.1, -0.05) is 18.2 Å². The molecular formula is C15H22N2O2. The molecule has 1 atom stereocenters. The maximum Gasteiger partial charge on any atom is 0.338 e. The molecule has 0 aromatic heterocycles. The molecule has 0 aliphatic carbocycles. The van der Waals surface area contributed by atoms with Gasteiger partial charge in [0.15, 0.2) is 0 Å². The van der Waals surface area contributed by atoms with Crippen LogP contribution in [0.2, 0.25) is 0 Å². The molecule has 1 aliphatic rings. The number of esters is 1. The molecule has 0 saturated carbocycles. The van der Waals surface area contributed by atoms with Gasteiger partial charge in [0.2, 0.25) is 0 Å². The molecule has 1 fully saturated rings. The summed E-state index contributed by atoms with van der Waals surface area (Å²) in [5, 5.41) is 0. The standard InChI is InChI=1S/C15H22N2O2/c1-16(2)13-8-9-17(11-13)10-12-6-4-5-7-14(12)15(18)19-3/h4-7,13H,8-11H2,1-3H3. The fourth-order valence-electron chi connectivity index (χ4n) is 2.59. The number of likely N-dealkylation sites (N-methyl/N-ethyl adjacent to an activating group) is 1. The number of rotatable bonds is 4. The van der Waals surface area contributed by atoms with E-state index in [4.69, 9.17) is 4.74 Å². The minimum absolute atomic E-state index is 0.251. The van der Waals surface area contributed by atoms with Gasteiger partial charge < -0.3 is 9.64 Å². The highest BCUT2D eigenvalue weighted by molar-refractivity contribution is 5.90. The van der Waals surface area contributed by atoms with Crippen molar-refractivity contribution in [3.63, 3.8) is 0 Å². The Morgan fingerprint density at radius 1 is 1.42 bits per heavy atom. The molecule has 0 bridgehead atoms. The van der Waals surface area contributed by atoms with Crippen LogP contribution in [0.4, 0.5) is 0 Å². The van der Waals surface area contributed by atoms with Crippen LogP contribution in [0.3, 0.4) is 0 Å². The summed E-state index contributed by atoms with van der Waals surface area (Å²) in [5.41, 5.74) is 1.73. The zero-order chi connectivity index (χ0) is 13.8. The number of ether oxygens (including phenoxy) is 1. The third-order valence-electron chi connectivity index (χ3n) is 3.79. The van der Waals surface area contributed by atoms with Crippen molar-refractivity contribution in [1.29, 1.82) is 0 Å². The predicted octanol–water partition coefficient (Wildman–Crippen LogP) is 1.61. The highest BCUT2D eigenvalue weighted by Crippen LogP contribution is 2.18. The maximum absolute atomic E-state index is 11.7. The van der Waals surface area contributed by atoms with E-state index >= 15 is 0 Å². The monoisotopic (exact) mass is 262 g/mol. The van der Waals surface area contributed by atoms with Crippen molar-refractivity contribution in [2.75, 3.05) is 34.3 Å². The zero-order valence-electron chi connectivity index (χ0n) is 11.9. The summed E-state index contributed by atoms with van der Waals surface area (Å²) in [7, 11) is 5.67. The van der Waals surface area contributed by atoms with Crippen LogP contribution in [0.5, 0.6) is 0 Å². The Hall–Kier alpha value is -1.39. The second kappa shape index (κ2) is 6.17. The Morgan fingerprint density at radius 3 is 2.79 bits per heavy atom. The fraction of sp³-hybridized carbons (Fsp3) is 0.533. The molecule has 1 heterocycles. The molecule has 1 saturated heterocycles. The highest BCUT2D eigenvalue weighted by Gasteiger charge is 2.24. The quantitative estimate of drug-likeness (QED) is 0.772. The highest BCUT2D eigenvalue weighted by atomic mass is 16.5. The summed E-state index contributed by atoms with van der Waals surface area (Å²) >= 11 is 0. The van der Waals surface area contributed by atoms with Crippen molar-refractivity contribution in [1.82, 2.24) is 9.80 Å². The Morgan fingerprint density at radius 2 is 2.16 bits per heavy atom. The van der Waals surface area contributed by atoms with E-state index in [9.17, 15) is 4.79 Å². The molecule has 1 aromatic carbocycles. The van der Waals surface area contributed by atoms with Crippen molar-refractivity contribution in [3.05, 3.63) is 35.4 Å². The van der Waals surface area contributed by atoms with Gasteiger partial charge in [-0.05, 0) is 32.1 Å². The first kappa shape index (κ1) is 14.0. The van der Waals surface area contributed by atoms with Crippen LogP contribution in [0, 0.1) is 0 Å². The normalized spacial score (nSPS) is 19.9. The van der Waals surface area contributed by atoms with Gasteiger partial charge in [0.05, 0.1) is 12.7 Å². The largest absolute Gasteiger partial charge is 0.465 e. The first-order chi connectivity index (χ1) is 9.11. The molecule has 1 aliphatic heterocycles. The number of hydrogen-bond acceptors (Lipinski definition) is 4. The molecule has 4 nitrogen and oxygen atoms in total. The number of nitrogens with zero attached hydrogens (tertiary/aromatic N) is 2. The molecule has 104 valence electrons. The molecular weight excluding hydrogens is 240 g/mol. The van der Waals surface area contributed by atoms with Gasteiger partial charge in [-0.25, -0.2) is 4.79 Å². The van der Waals surface area contributed by atoms with E-state index in [1.54, 1.807) is 0 Å². The minimum atomic E-state index is -0.251. The van der Waals surface area contributed by atoms with Crippen molar-refractivity contribution >= 4 is 5.97 Å². The first-order valence-electron chi connectivity index (χ1n) is 6.67. The maximum atomic E-state index is 11.7. The lowest BCUT2D eigenvalue weighted by molar-refractivity contribution is 0.0598. The van der Waals surface area contributed by atoms with Gasteiger partial charge >= 0.3 is 5.97 Å². The van der Waals surface area contributed by atoms with E-state index in [1.807, 2.05) is 24.3 Å². The van der Waals surface area contributed by atoms with Crippen LogP contribution in [-0.4, -0.2) is 56.1 Å². The summed E-state index contributed by atoms with van der Waals surface area (Å²) in [4.78, 5) is 16.4. The molecule has 0 spiro atoms. The molecule has 0 amide bonds. The fourth-order valence-corrected chi connectivity index (χ4v) is 2.59. The number of benzene rings is 1. The van der Waals surface area contributed by atoms with Crippen LogP contribution in [-0.2, 0) is 11.3 Å². The second-order valence-corrected chi connectivity index (χ2v) is 5.29. The Bertz CT molecular complexity index is 446. The Labute approximate surface area is 115 Å². The third-order valence-corrected chi connectivity index (χ3v) is 3.79. The number of carbonyl (C=O) groups is 1. The lowest BCUT2D eigenvalue weighted by atomic mass is 10.1. The van der Waals surface area contributed by atoms with Crippen LogP contribution in [0.15, 0.2) is 24.3 Å². The summed E-state index contributed by atoms with van der Waals surface area (Å²) in [5.74, 6) is -0.251. The lowest BCUT2D eigenvalue weighted by Crippen LogP contribution is -2.31. The average Bonchev–Trinajstić information content (AvgIpc) is 2.87. The number of likely N-dealkylation sites (tertiary alicyclic amines) is 1. The summed E-state index contributed by atoms with van der Waals surface area (Å²) in [6.45, 7) is 2.95. The van der Waals surface area contributed by atoms with Crippen LogP contribution < -0.4 is 0 Å². The van der Waals surface area contributed by atoms with Gasteiger partial charge in [0.1, 0.15) is 0 Å². The van der Waals surface area contributed by atoms with Gasteiger partial charge in [-0.3, -0.25) is 4.90 Å². The SMILES string of the molecule is COC(=O)c1ccccc1CN1CCC(N(C)C)C1. The molecule has 19 heavy (non-hydrogen) atoms. The van der Waals surface area contributed by atoms with Crippen molar-refractivity contribution in [3.8, 4) is 0 Å². The zero-order valence-corrected chi connectivity index (χ0v) is 11.9. The van der Waals surface area contributed by atoms with Crippen LogP contribution in [0.25, 0.3) is 0 Å². The topological polar surface area (TPSA) is 32.8 Å². The van der Waals surface area contributed by atoms with Crippen molar-refractivity contribution in [2.45, 2.75) is 19.0 Å². The second-order valence-electron chi connectivity index (χ2n) is 5.29. The number of carbonyl (C=O) groups excluding carboxylic acids is 1. The number of hydrogen-bond donors (Lipinski definition) is 0. The van der Waals surface area contributed by atoms with Gasteiger partial charge in [0.25, 0.3) is 0 Å². The summed E-state index contributed by atoms with van der Waals surface area (Å²) < 4.78 is 4.84. The van der Waals surface area contributed by atoms with Crippen LogP contribution >= 0.6 is 0 Å². The number of methoxy groups -OCH3 is 1. The van der Waals surface area contributed by atoms with E-state index in [-0.39, 0.29) is 5.97 Å². The lowest BCUT2D eigenvalue weighted by Gasteiger charge is -2.21. The van der Waals surface area contributed by atoms with Crippen molar-refractivity contribution in [2.24, 2.45) is 0 Å². The summed E-state index contributed by atoms with van der Waals surface area (Å²) in [6.07, 6.45) is 1.19. The Balaban J connectivity index is 2.06. The van der Waals surface area contributed by atoms with E-state index in [0.29, 0.717) is 11.6 Å². The predicted molar refractivity (Wildman–Crippen MR) is 75.2 cm³/mol. The van der Waals surface area contributed by atoms with E-state index in [1.165, 1.54) is 13.5 Å². The minimum Gasteiger partial charge on any atom is -0.465 e.